The Hall–Kier alpha value is -2.97. The normalized spacial score (nSPS) is 11.3. The van der Waals surface area contributed by atoms with E-state index in [1.165, 1.54) is 24.0 Å². The number of nitrogens with two attached hydrogens (primary N) is 1. The quantitative estimate of drug-likeness (QED) is 0.780. The summed E-state index contributed by atoms with van der Waals surface area (Å²) in [6.45, 7) is 0. The van der Waals surface area contributed by atoms with Gasteiger partial charge in [0.25, 0.3) is 12.0 Å². The van der Waals surface area contributed by atoms with Crippen molar-refractivity contribution in [2.24, 2.45) is 7.05 Å². The zero-order valence-corrected chi connectivity index (χ0v) is 11.8. The first-order chi connectivity index (χ1) is 10.9. The van der Waals surface area contributed by atoms with Crippen molar-refractivity contribution in [1.29, 1.82) is 0 Å². The third-order valence-electron chi connectivity index (χ3n) is 3.33. The highest BCUT2D eigenvalue weighted by Crippen LogP contribution is 2.27. The summed E-state index contributed by atoms with van der Waals surface area (Å²) in [5, 5.41) is 0.0911. The molecule has 0 aliphatic heterocycles. The maximum Gasteiger partial charge on any atom is 0.268 e. The van der Waals surface area contributed by atoms with E-state index >= 15 is 0 Å². The summed E-state index contributed by atoms with van der Waals surface area (Å²) in [5.41, 5.74) is 4.67. The second-order valence-corrected chi connectivity index (χ2v) is 4.84. The van der Waals surface area contributed by atoms with E-state index in [1.54, 1.807) is 0 Å². The lowest BCUT2D eigenvalue weighted by Gasteiger charge is -2.08. The molecule has 0 amide bonds. The van der Waals surface area contributed by atoms with Gasteiger partial charge in [0.2, 0.25) is 0 Å². The lowest BCUT2D eigenvalue weighted by Crippen LogP contribution is -2.17. The molecule has 9 heteroatoms. The first kappa shape index (κ1) is 14.9. The van der Waals surface area contributed by atoms with Crippen molar-refractivity contribution in [2.75, 3.05) is 5.73 Å². The van der Waals surface area contributed by atoms with E-state index in [1.807, 2.05) is 0 Å². The molecule has 0 saturated carbocycles. The van der Waals surface area contributed by atoms with Crippen molar-refractivity contribution in [3.8, 4) is 11.4 Å². The van der Waals surface area contributed by atoms with Crippen molar-refractivity contribution in [2.45, 2.75) is 6.43 Å². The maximum absolute atomic E-state index is 14.3. The molecule has 2 aromatic heterocycles. The summed E-state index contributed by atoms with van der Waals surface area (Å²) in [5.74, 6) is -1.36. The van der Waals surface area contributed by atoms with E-state index in [2.05, 4.69) is 15.0 Å². The van der Waals surface area contributed by atoms with E-state index < -0.39 is 29.2 Å². The Balaban J connectivity index is 2.21. The van der Waals surface area contributed by atoms with E-state index in [0.29, 0.717) is 0 Å². The molecule has 0 unspecified atom stereocenters. The molecule has 1 aromatic carbocycles. The third-order valence-corrected chi connectivity index (χ3v) is 3.33. The molecule has 118 valence electrons. The number of alkyl halides is 2. The molecule has 0 saturated heterocycles. The van der Waals surface area contributed by atoms with Crippen LogP contribution in [0.2, 0.25) is 0 Å². The highest BCUT2D eigenvalue weighted by atomic mass is 19.3. The van der Waals surface area contributed by atoms with Crippen LogP contribution in [-0.4, -0.2) is 19.5 Å². The summed E-state index contributed by atoms with van der Waals surface area (Å²) in [4.78, 5) is 23.4. The van der Waals surface area contributed by atoms with Crippen molar-refractivity contribution in [3.05, 3.63) is 46.4 Å². The number of nitrogen functional groups attached to an aromatic ring is 1. The topological polar surface area (TPSA) is 86.7 Å². The van der Waals surface area contributed by atoms with Gasteiger partial charge in [-0.2, -0.15) is 0 Å². The van der Waals surface area contributed by atoms with Gasteiger partial charge in [-0.3, -0.25) is 4.79 Å². The number of rotatable bonds is 2. The largest absolute Gasteiger partial charge is 0.383 e. The minimum Gasteiger partial charge on any atom is -0.383 e. The monoisotopic (exact) mass is 321 g/mol. The summed E-state index contributed by atoms with van der Waals surface area (Å²) >= 11 is 0. The fraction of sp³-hybridized carbons (Fsp3) is 0.143. The van der Waals surface area contributed by atoms with Crippen molar-refractivity contribution < 1.29 is 13.2 Å². The molecule has 0 atom stereocenters. The molecular formula is C14H10F3N5O. The number of fused-ring (bicyclic) bond motifs is 1. The average Bonchev–Trinajstić information content (AvgIpc) is 2.50. The zero-order valence-electron chi connectivity index (χ0n) is 11.8. The van der Waals surface area contributed by atoms with Gasteiger partial charge in [-0.15, -0.1) is 0 Å². The highest BCUT2D eigenvalue weighted by Gasteiger charge is 2.17. The molecule has 0 aliphatic carbocycles. The maximum atomic E-state index is 14.3. The van der Waals surface area contributed by atoms with E-state index in [9.17, 15) is 18.0 Å². The lowest BCUT2D eigenvalue weighted by atomic mass is 10.1. The van der Waals surface area contributed by atoms with Crippen LogP contribution in [0.15, 0.2) is 29.5 Å². The molecule has 0 radical (unpaired) electrons. The molecule has 0 aliphatic rings. The van der Waals surface area contributed by atoms with E-state index in [-0.39, 0.29) is 22.3 Å². The molecular weight excluding hydrogens is 311 g/mol. The Labute approximate surface area is 127 Å². The third kappa shape index (κ3) is 2.50. The van der Waals surface area contributed by atoms with Gasteiger partial charge in [0.1, 0.15) is 11.6 Å². The molecule has 0 bridgehead atoms. The molecule has 3 aromatic rings. The van der Waals surface area contributed by atoms with Gasteiger partial charge in [-0.25, -0.2) is 28.1 Å². The second-order valence-electron chi connectivity index (χ2n) is 4.84. The Morgan fingerprint density at radius 2 is 2.00 bits per heavy atom. The van der Waals surface area contributed by atoms with Gasteiger partial charge >= 0.3 is 0 Å². The van der Waals surface area contributed by atoms with Crippen LogP contribution in [0.5, 0.6) is 0 Å². The minimum absolute atomic E-state index is 0.0780. The Kier molecular flexibility index (Phi) is 3.47. The number of hydrogen-bond acceptors (Lipinski definition) is 5. The van der Waals surface area contributed by atoms with Crippen LogP contribution in [0.1, 0.15) is 12.0 Å². The first-order valence-corrected chi connectivity index (χ1v) is 6.44. The number of benzene rings is 1. The van der Waals surface area contributed by atoms with Crippen LogP contribution in [0, 0.1) is 5.82 Å². The number of anilines is 1. The van der Waals surface area contributed by atoms with Gasteiger partial charge < -0.3 is 10.3 Å². The number of halogens is 3. The predicted octanol–water partition coefficient (Wildman–Crippen LogP) is 2.05. The van der Waals surface area contributed by atoms with Crippen LogP contribution in [0.3, 0.4) is 0 Å². The summed E-state index contributed by atoms with van der Waals surface area (Å²) in [7, 11) is 1.49. The van der Waals surface area contributed by atoms with Crippen LogP contribution < -0.4 is 11.3 Å². The minimum atomic E-state index is -2.82. The second kappa shape index (κ2) is 5.34. The fourth-order valence-electron chi connectivity index (χ4n) is 2.10. The number of aromatic nitrogens is 4. The van der Waals surface area contributed by atoms with Gasteiger partial charge in [-0.1, -0.05) is 0 Å². The van der Waals surface area contributed by atoms with Crippen LogP contribution in [-0.2, 0) is 7.05 Å². The Bertz CT molecular complexity index is 971. The van der Waals surface area contributed by atoms with Gasteiger partial charge in [0, 0.05) is 13.2 Å². The molecule has 0 fully saturated rings. The molecule has 0 spiro atoms. The SMILES string of the molecule is Cn1cnc2cc(-c3ncc(C(F)F)c(N)n3)c(F)cc2c1=O. The molecule has 23 heavy (non-hydrogen) atoms. The molecule has 3 rings (SSSR count). The lowest BCUT2D eigenvalue weighted by molar-refractivity contribution is 0.151. The number of nitrogens with zero attached hydrogens (tertiary/aromatic N) is 4. The number of aryl methyl sites for hydroxylation is 1. The van der Waals surface area contributed by atoms with Crippen molar-refractivity contribution in [1.82, 2.24) is 19.5 Å². The van der Waals surface area contributed by atoms with Gasteiger partial charge in [0.05, 0.1) is 28.4 Å². The van der Waals surface area contributed by atoms with Gasteiger partial charge in [0.15, 0.2) is 5.82 Å². The highest BCUT2D eigenvalue weighted by molar-refractivity contribution is 5.82. The first-order valence-electron chi connectivity index (χ1n) is 6.44. The Morgan fingerprint density at radius 1 is 1.26 bits per heavy atom. The van der Waals surface area contributed by atoms with Crippen molar-refractivity contribution in [3.63, 3.8) is 0 Å². The Morgan fingerprint density at radius 3 is 2.65 bits per heavy atom. The fourth-order valence-corrected chi connectivity index (χ4v) is 2.10. The van der Waals surface area contributed by atoms with E-state index in [0.717, 1.165) is 12.3 Å². The van der Waals surface area contributed by atoms with Crippen molar-refractivity contribution >= 4 is 16.7 Å². The van der Waals surface area contributed by atoms with Gasteiger partial charge in [-0.05, 0) is 12.1 Å². The molecule has 6 nitrogen and oxygen atoms in total. The molecule has 2 N–H and O–H groups in total. The average molecular weight is 321 g/mol. The van der Waals surface area contributed by atoms with Crippen LogP contribution in [0.4, 0.5) is 19.0 Å². The smallest absolute Gasteiger partial charge is 0.268 e. The standard InChI is InChI=1S/C14H10F3N5O/c1-22-5-20-10-3-6(9(15)2-7(10)14(22)23)13-19-4-8(11(16)17)12(18)21-13/h2-5,11H,1H3,(H2,18,19,21). The van der Waals surface area contributed by atoms with Crippen LogP contribution >= 0.6 is 0 Å². The predicted molar refractivity (Wildman–Crippen MR) is 77.3 cm³/mol. The van der Waals surface area contributed by atoms with Crippen LogP contribution in [0.25, 0.3) is 22.3 Å². The summed E-state index contributed by atoms with van der Waals surface area (Å²) in [6.07, 6.45) is -0.680. The molecule has 2 heterocycles. The zero-order chi connectivity index (χ0) is 16.7. The number of hydrogen-bond donors (Lipinski definition) is 1. The summed E-state index contributed by atoms with van der Waals surface area (Å²) in [6, 6.07) is 2.30. The van der Waals surface area contributed by atoms with E-state index in [4.69, 9.17) is 5.73 Å². The summed E-state index contributed by atoms with van der Waals surface area (Å²) < 4.78 is 40.8.